The second-order valence-electron chi connectivity index (χ2n) is 5.42. The molecular weight excluding hydrogens is 242 g/mol. The zero-order valence-electron chi connectivity index (χ0n) is 11.3. The lowest BCUT2D eigenvalue weighted by atomic mass is 9.86. The molecule has 1 fully saturated rings. The van der Waals surface area contributed by atoms with Crippen molar-refractivity contribution in [2.24, 2.45) is 5.92 Å². The average molecular weight is 263 g/mol. The van der Waals surface area contributed by atoms with E-state index in [1.807, 2.05) is 18.2 Å². The summed E-state index contributed by atoms with van der Waals surface area (Å²) in [5.41, 5.74) is 0.901. The molecule has 4 heteroatoms. The van der Waals surface area contributed by atoms with E-state index < -0.39 is 6.10 Å². The smallest absolute Gasteiger partial charge is 0.231 e. The van der Waals surface area contributed by atoms with E-state index in [-0.39, 0.29) is 12.8 Å². The molecule has 1 aromatic carbocycles. The number of hydrogen-bond acceptors (Lipinski definition) is 4. The van der Waals surface area contributed by atoms with Gasteiger partial charge < -0.3 is 19.9 Å². The number of nitrogens with one attached hydrogen (secondary N) is 1. The van der Waals surface area contributed by atoms with E-state index in [1.54, 1.807) is 0 Å². The molecule has 2 N–H and O–H groups in total. The van der Waals surface area contributed by atoms with E-state index in [0.29, 0.717) is 0 Å². The van der Waals surface area contributed by atoms with Crippen LogP contribution in [0.25, 0.3) is 0 Å². The summed E-state index contributed by atoms with van der Waals surface area (Å²) in [4.78, 5) is 0. The van der Waals surface area contributed by atoms with E-state index in [9.17, 15) is 5.11 Å². The molecule has 0 radical (unpaired) electrons. The Bertz CT molecular complexity index is 449. The van der Waals surface area contributed by atoms with E-state index in [0.717, 1.165) is 35.9 Å². The largest absolute Gasteiger partial charge is 0.454 e. The predicted molar refractivity (Wildman–Crippen MR) is 72.3 cm³/mol. The van der Waals surface area contributed by atoms with Crippen LogP contribution < -0.4 is 14.8 Å². The highest BCUT2D eigenvalue weighted by atomic mass is 16.7. The highest BCUT2D eigenvalue weighted by Gasteiger charge is 2.28. The van der Waals surface area contributed by atoms with Gasteiger partial charge in [-0.25, -0.2) is 0 Å². The number of benzene rings is 1. The molecule has 0 bridgehead atoms. The number of aliphatic hydroxyl groups is 1. The summed E-state index contributed by atoms with van der Waals surface area (Å²) in [6.07, 6.45) is 2.95. The van der Waals surface area contributed by atoms with E-state index in [1.165, 1.54) is 12.8 Å². The Morgan fingerprint density at radius 3 is 3.05 bits per heavy atom. The van der Waals surface area contributed by atoms with Gasteiger partial charge in [-0.1, -0.05) is 19.4 Å². The van der Waals surface area contributed by atoms with Gasteiger partial charge in [0.1, 0.15) is 0 Å². The van der Waals surface area contributed by atoms with Crippen LogP contribution in [0.2, 0.25) is 0 Å². The van der Waals surface area contributed by atoms with Gasteiger partial charge in [-0.2, -0.15) is 0 Å². The van der Waals surface area contributed by atoms with Gasteiger partial charge in [0, 0.05) is 6.04 Å². The van der Waals surface area contributed by atoms with E-state index in [4.69, 9.17) is 9.47 Å². The van der Waals surface area contributed by atoms with E-state index in [2.05, 4.69) is 12.2 Å². The Balaban J connectivity index is 1.74. The molecule has 104 valence electrons. The molecule has 1 saturated heterocycles. The lowest BCUT2D eigenvalue weighted by molar-refractivity contribution is 0.0976. The van der Waals surface area contributed by atoms with Gasteiger partial charge in [-0.3, -0.25) is 0 Å². The van der Waals surface area contributed by atoms with Crippen molar-refractivity contribution in [3.63, 3.8) is 0 Å². The monoisotopic (exact) mass is 263 g/mol. The van der Waals surface area contributed by atoms with Crippen molar-refractivity contribution in [3.05, 3.63) is 23.8 Å². The van der Waals surface area contributed by atoms with Crippen LogP contribution in [0.3, 0.4) is 0 Å². The fraction of sp³-hybridized carbons (Fsp3) is 0.600. The van der Waals surface area contributed by atoms with Crippen LogP contribution in [-0.4, -0.2) is 24.5 Å². The second kappa shape index (κ2) is 5.39. The summed E-state index contributed by atoms with van der Waals surface area (Å²) in [5, 5.41) is 14.0. The standard InChI is InChI=1S/C15H21NO3/c1-2-10-5-6-16-12(7-10)15(17)11-3-4-13-14(8-11)19-9-18-13/h3-4,8,10,12,15-17H,2,5-7,9H2,1H3. The number of ether oxygens (including phenoxy) is 2. The van der Waals surface area contributed by atoms with Gasteiger partial charge in [0.25, 0.3) is 0 Å². The van der Waals surface area contributed by atoms with Crippen LogP contribution in [0.15, 0.2) is 18.2 Å². The average Bonchev–Trinajstić information content (AvgIpc) is 2.94. The maximum absolute atomic E-state index is 10.5. The summed E-state index contributed by atoms with van der Waals surface area (Å²) in [6, 6.07) is 5.83. The molecule has 3 unspecified atom stereocenters. The van der Waals surface area contributed by atoms with Crippen LogP contribution >= 0.6 is 0 Å². The molecular formula is C15H21NO3. The summed E-state index contributed by atoms with van der Waals surface area (Å²) in [5.74, 6) is 2.22. The van der Waals surface area contributed by atoms with Crippen molar-refractivity contribution in [2.45, 2.75) is 38.3 Å². The highest BCUT2D eigenvalue weighted by molar-refractivity contribution is 5.45. The van der Waals surface area contributed by atoms with Gasteiger partial charge in [0.05, 0.1) is 6.10 Å². The van der Waals surface area contributed by atoms with Crippen molar-refractivity contribution in [2.75, 3.05) is 13.3 Å². The fourth-order valence-electron chi connectivity index (χ4n) is 2.97. The first-order chi connectivity index (χ1) is 9.28. The van der Waals surface area contributed by atoms with Crippen molar-refractivity contribution < 1.29 is 14.6 Å². The Hall–Kier alpha value is -1.26. The molecule has 4 nitrogen and oxygen atoms in total. The van der Waals surface area contributed by atoms with Gasteiger partial charge >= 0.3 is 0 Å². The molecule has 0 aromatic heterocycles. The van der Waals surface area contributed by atoms with Gasteiger partial charge in [0.15, 0.2) is 11.5 Å². The number of fused-ring (bicyclic) bond motifs is 1. The minimum Gasteiger partial charge on any atom is -0.454 e. The van der Waals surface area contributed by atoms with Crippen LogP contribution in [0.5, 0.6) is 11.5 Å². The Morgan fingerprint density at radius 1 is 1.37 bits per heavy atom. The van der Waals surface area contributed by atoms with Gasteiger partial charge in [0.2, 0.25) is 6.79 Å². The third-order valence-corrected chi connectivity index (χ3v) is 4.24. The second-order valence-corrected chi connectivity index (χ2v) is 5.42. The first kappa shape index (κ1) is 12.8. The predicted octanol–water partition coefficient (Wildman–Crippen LogP) is 2.23. The third kappa shape index (κ3) is 2.55. The van der Waals surface area contributed by atoms with Crippen molar-refractivity contribution >= 4 is 0 Å². The molecule has 0 saturated carbocycles. The summed E-state index contributed by atoms with van der Waals surface area (Å²) < 4.78 is 10.7. The number of piperidine rings is 1. The molecule has 0 amide bonds. The molecule has 2 aliphatic rings. The first-order valence-corrected chi connectivity index (χ1v) is 7.09. The topological polar surface area (TPSA) is 50.7 Å². The lowest BCUT2D eigenvalue weighted by Crippen LogP contribution is -2.42. The van der Waals surface area contributed by atoms with E-state index >= 15 is 0 Å². The lowest BCUT2D eigenvalue weighted by Gasteiger charge is -2.33. The zero-order chi connectivity index (χ0) is 13.2. The van der Waals surface area contributed by atoms with Crippen LogP contribution in [0.4, 0.5) is 0 Å². The number of rotatable bonds is 3. The molecule has 3 rings (SSSR count). The minimum absolute atomic E-state index is 0.138. The molecule has 2 heterocycles. The molecule has 19 heavy (non-hydrogen) atoms. The van der Waals surface area contributed by atoms with Crippen LogP contribution in [-0.2, 0) is 0 Å². The summed E-state index contributed by atoms with van der Waals surface area (Å²) in [6.45, 7) is 3.49. The highest BCUT2D eigenvalue weighted by Crippen LogP contribution is 2.36. The van der Waals surface area contributed by atoms with Crippen LogP contribution in [0.1, 0.15) is 37.9 Å². The van der Waals surface area contributed by atoms with Crippen molar-refractivity contribution in [1.82, 2.24) is 5.32 Å². The Labute approximate surface area is 113 Å². The normalized spacial score (nSPS) is 27.3. The number of hydrogen-bond donors (Lipinski definition) is 2. The third-order valence-electron chi connectivity index (χ3n) is 4.24. The summed E-state index contributed by atoms with van der Waals surface area (Å²) in [7, 11) is 0. The van der Waals surface area contributed by atoms with Crippen molar-refractivity contribution in [3.8, 4) is 11.5 Å². The zero-order valence-corrected chi connectivity index (χ0v) is 11.3. The Kier molecular flexibility index (Phi) is 3.62. The SMILES string of the molecule is CCC1CCNC(C(O)c2ccc3c(c2)OCO3)C1. The Morgan fingerprint density at radius 2 is 2.21 bits per heavy atom. The maximum atomic E-state index is 10.5. The summed E-state index contributed by atoms with van der Waals surface area (Å²) >= 11 is 0. The van der Waals surface area contributed by atoms with Crippen molar-refractivity contribution in [1.29, 1.82) is 0 Å². The fourth-order valence-corrected chi connectivity index (χ4v) is 2.97. The quantitative estimate of drug-likeness (QED) is 0.878. The van der Waals surface area contributed by atoms with Crippen LogP contribution in [0, 0.1) is 5.92 Å². The molecule has 2 aliphatic heterocycles. The molecule has 0 spiro atoms. The molecule has 3 atom stereocenters. The molecule has 1 aromatic rings. The van der Waals surface area contributed by atoms with Gasteiger partial charge in [-0.15, -0.1) is 0 Å². The number of aliphatic hydroxyl groups excluding tert-OH is 1. The van der Waals surface area contributed by atoms with Gasteiger partial charge in [-0.05, 0) is 43.0 Å². The molecule has 0 aliphatic carbocycles. The minimum atomic E-state index is -0.483. The maximum Gasteiger partial charge on any atom is 0.231 e. The first-order valence-electron chi connectivity index (χ1n) is 7.09.